The van der Waals surface area contributed by atoms with Crippen LogP contribution >= 0.6 is 22.6 Å². The third kappa shape index (κ3) is 2.92. The Morgan fingerprint density at radius 2 is 2.06 bits per heavy atom. The predicted molar refractivity (Wildman–Crippen MR) is 72.4 cm³/mol. The average Bonchev–Trinajstić information content (AvgIpc) is 2.78. The number of benzene rings is 1. The molecular formula is C11H8IN3O3. The Bertz CT molecular complexity index is 592. The van der Waals surface area contributed by atoms with Gasteiger partial charge in [-0.15, -0.1) is 0 Å². The number of hydrogen-bond donors (Lipinski definition) is 0. The Morgan fingerprint density at radius 3 is 2.61 bits per heavy atom. The summed E-state index contributed by atoms with van der Waals surface area (Å²) in [5.74, 6) is -0.135. The molecule has 0 aliphatic rings. The van der Waals surface area contributed by atoms with Crippen molar-refractivity contribution in [2.75, 3.05) is 0 Å². The van der Waals surface area contributed by atoms with Crippen LogP contribution in [0.5, 0.6) is 0 Å². The van der Waals surface area contributed by atoms with Crippen LogP contribution in [0.3, 0.4) is 0 Å². The van der Waals surface area contributed by atoms with E-state index < -0.39 is 4.92 Å². The molecule has 2 rings (SSSR count). The molecule has 2 aromatic rings. The Morgan fingerprint density at radius 1 is 1.39 bits per heavy atom. The minimum atomic E-state index is -0.543. The number of Topliss-reactive ketones (excluding diaryl/α,β-unsaturated/α-hetero) is 1. The summed E-state index contributed by atoms with van der Waals surface area (Å²) in [6.45, 7) is -0.00552. The van der Waals surface area contributed by atoms with Gasteiger partial charge in [0.1, 0.15) is 18.9 Å². The molecule has 0 bridgehead atoms. The van der Waals surface area contributed by atoms with Gasteiger partial charge in [-0.2, -0.15) is 5.10 Å². The maximum Gasteiger partial charge on any atom is 0.307 e. The van der Waals surface area contributed by atoms with Crippen molar-refractivity contribution in [3.05, 3.63) is 55.9 Å². The van der Waals surface area contributed by atoms with Gasteiger partial charge < -0.3 is 0 Å². The SMILES string of the molecule is O=C(Cn1cc([N+](=O)[O-])cn1)c1ccc(I)cc1. The summed E-state index contributed by atoms with van der Waals surface area (Å²) in [7, 11) is 0. The predicted octanol–water partition coefficient (Wildman–Crippen LogP) is 2.28. The monoisotopic (exact) mass is 357 g/mol. The summed E-state index contributed by atoms with van der Waals surface area (Å²) in [5.41, 5.74) is 0.443. The van der Waals surface area contributed by atoms with Crippen LogP contribution in [0.25, 0.3) is 0 Å². The molecule has 0 amide bonds. The number of aromatic nitrogens is 2. The topological polar surface area (TPSA) is 78.0 Å². The van der Waals surface area contributed by atoms with E-state index >= 15 is 0 Å². The van der Waals surface area contributed by atoms with Crippen LogP contribution in [0.2, 0.25) is 0 Å². The van der Waals surface area contributed by atoms with Gasteiger partial charge in [-0.1, -0.05) is 12.1 Å². The maximum atomic E-state index is 11.9. The van der Waals surface area contributed by atoms with Crippen molar-refractivity contribution in [3.63, 3.8) is 0 Å². The van der Waals surface area contributed by atoms with Gasteiger partial charge >= 0.3 is 5.69 Å². The summed E-state index contributed by atoms with van der Waals surface area (Å²) in [6.07, 6.45) is 2.37. The summed E-state index contributed by atoms with van der Waals surface area (Å²) in [4.78, 5) is 21.8. The molecule has 0 aliphatic carbocycles. The standard InChI is InChI=1S/C11H8IN3O3/c12-9-3-1-8(2-4-9)11(16)7-14-6-10(5-13-14)15(17)18/h1-6H,7H2. The van der Waals surface area contributed by atoms with Crippen LogP contribution in [0.15, 0.2) is 36.7 Å². The number of carbonyl (C=O) groups excluding carboxylic acids is 1. The molecule has 0 saturated heterocycles. The molecule has 1 heterocycles. The van der Waals surface area contributed by atoms with Crippen molar-refractivity contribution in [3.8, 4) is 0 Å². The lowest BCUT2D eigenvalue weighted by Gasteiger charge is -2.01. The summed E-state index contributed by atoms with van der Waals surface area (Å²) in [6, 6.07) is 7.11. The summed E-state index contributed by atoms with van der Waals surface area (Å²) in [5, 5.41) is 14.2. The minimum absolute atomic E-state index is 0.00552. The second-order valence-corrected chi connectivity index (χ2v) is 4.83. The molecule has 92 valence electrons. The smallest absolute Gasteiger partial charge is 0.292 e. The first-order valence-corrected chi connectivity index (χ1v) is 6.10. The zero-order valence-electron chi connectivity index (χ0n) is 9.12. The fourth-order valence-electron chi connectivity index (χ4n) is 1.41. The Balaban J connectivity index is 2.11. The Labute approximate surface area is 116 Å². The van der Waals surface area contributed by atoms with Gasteiger partial charge in [0, 0.05) is 9.13 Å². The molecule has 0 aliphatic heterocycles. The van der Waals surface area contributed by atoms with E-state index in [1.165, 1.54) is 10.9 Å². The lowest BCUT2D eigenvalue weighted by atomic mass is 10.1. The van der Waals surface area contributed by atoms with Crippen LogP contribution in [0.4, 0.5) is 5.69 Å². The lowest BCUT2D eigenvalue weighted by Crippen LogP contribution is -2.10. The van der Waals surface area contributed by atoms with Crippen molar-refractivity contribution in [2.45, 2.75) is 6.54 Å². The molecule has 7 heteroatoms. The number of nitrogens with zero attached hydrogens (tertiary/aromatic N) is 3. The van der Waals surface area contributed by atoms with E-state index in [0.717, 1.165) is 9.77 Å². The Kier molecular flexibility index (Phi) is 3.70. The molecule has 0 N–H and O–H groups in total. The first-order valence-electron chi connectivity index (χ1n) is 5.02. The molecule has 0 radical (unpaired) electrons. The molecule has 18 heavy (non-hydrogen) atoms. The highest BCUT2D eigenvalue weighted by molar-refractivity contribution is 14.1. The molecule has 1 aromatic carbocycles. The second kappa shape index (κ2) is 5.25. The van der Waals surface area contributed by atoms with Crippen LogP contribution in [0, 0.1) is 13.7 Å². The van der Waals surface area contributed by atoms with Gasteiger partial charge in [0.15, 0.2) is 5.78 Å². The first-order chi connectivity index (χ1) is 8.56. The molecule has 0 fully saturated rings. The van der Waals surface area contributed by atoms with Crippen LogP contribution in [-0.4, -0.2) is 20.5 Å². The fourth-order valence-corrected chi connectivity index (χ4v) is 1.77. The fraction of sp³-hybridized carbons (Fsp3) is 0.0909. The number of hydrogen-bond acceptors (Lipinski definition) is 4. The molecular weight excluding hydrogens is 349 g/mol. The normalized spacial score (nSPS) is 10.3. The van der Waals surface area contributed by atoms with Gasteiger partial charge in [-0.25, -0.2) is 0 Å². The van der Waals surface area contributed by atoms with E-state index in [2.05, 4.69) is 27.7 Å². The van der Waals surface area contributed by atoms with Crippen molar-refractivity contribution in [1.29, 1.82) is 0 Å². The van der Waals surface area contributed by atoms with Gasteiger partial charge in [0.2, 0.25) is 0 Å². The largest absolute Gasteiger partial charge is 0.307 e. The molecule has 1 aromatic heterocycles. The average molecular weight is 357 g/mol. The first kappa shape index (κ1) is 12.7. The van der Waals surface area contributed by atoms with E-state index in [1.807, 2.05) is 12.1 Å². The summed E-state index contributed by atoms with van der Waals surface area (Å²) < 4.78 is 2.30. The van der Waals surface area contributed by atoms with E-state index in [9.17, 15) is 14.9 Å². The second-order valence-electron chi connectivity index (χ2n) is 3.58. The number of rotatable bonds is 4. The molecule has 0 spiro atoms. The summed E-state index contributed by atoms with van der Waals surface area (Å²) >= 11 is 2.15. The van der Waals surface area contributed by atoms with E-state index in [4.69, 9.17) is 0 Å². The highest BCUT2D eigenvalue weighted by Gasteiger charge is 2.12. The highest BCUT2D eigenvalue weighted by atomic mass is 127. The number of ketones is 1. The third-order valence-electron chi connectivity index (χ3n) is 2.30. The van der Waals surface area contributed by atoms with Crippen LogP contribution in [0.1, 0.15) is 10.4 Å². The zero-order valence-corrected chi connectivity index (χ0v) is 11.3. The van der Waals surface area contributed by atoms with Crippen LogP contribution < -0.4 is 0 Å². The zero-order chi connectivity index (χ0) is 13.1. The molecule has 0 atom stereocenters. The maximum absolute atomic E-state index is 11.9. The van der Waals surface area contributed by atoms with E-state index in [1.54, 1.807) is 12.1 Å². The van der Waals surface area contributed by atoms with Crippen molar-refractivity contribution >= 4 is 34.1 Å². The third-order valence-corrected chi connectivity index (χ3v) is 3.02. The Hall–Kier alpha value is -1.77. The van der Waals surface area contributed by atoms with Crippen LogP contribution in [-0.2, 0) is 6.54 Å². The number of carbonyl (C=O) groups is 1. The van der Waals surface area contributed by atoms with Gasteiger partial charge in [0.25, 0.3) is 0 Å². The minimum Gasteiger partial charge on any atom is -0.292 e. The molecule has 0 unspecified atom stereocenters. The molecule has 6 nitrogen and oxygen atoms in total. The lowest BCUT2D eigenvalue weighted by molar-refractivity contribution is -0.385. The number of nitro groups is 1. The van der Waals surface area contributed by atoms with E-state index in [-0.39, 0.29) is 18.0 Å². The quantitative estimate of drug-likeness (QED) is 0.364. The highest BCUT2D eigenvalue weighted by Crippen LogP contribution is 2.10. The van der Waals surface area contributed by atoms with Crippen molar-refractivity contribution in [1.82, 2.24) is 9.78 Å². The van der Waals surface area contributed by atoms with Gasteiger partial charge in [0.05, 0.1) is 4.92 Å². The molecule has 0 saturated carbocycles. The van der Waals surface area contributed by atoms with E-state index in [0.29, 0.717) is 5.56 Å². The van der Waals surface area contributed by atoms with Crippen molar-refractivity contribution < 1.29 is 9.72 Å². The van der Waals surface area contributed by atoms with Crippen molar-refractivity contribution in [2.24, 2.45) is 0 Å². The number of halogens is 1. The van der Waals surface area contributed by atoms with Gasteiger partial charge in [-0.05, 0) is 34.7 Å². The van der Waals surface area contributed by atoms with Gasteiger partial charge in [-0.3, -0.25) is 19.6 Å².